The molecule has 2 aliphatic rings. The molecular formula is C22H17FN2O5S2. The number of thiocarbonyl (C=S) groups is 1. The smallest absolute Gasteiger partial charge is 0.266 e. The number of thioether (sulfide) groups is 1. The molecule has 4 rings (SSSR count). The fourth-order valence-electron chi connectivity index (χ4n) is 3.52. The molecule has 0 bridgehead atoms. The summed E-state index contributed by atoms with van der Waals surface area (Å²) in [5, 5.41) is 0. The van der Waals surface area contributed by atoms with Crippen LogP contribution >= 0.6 is 24.0 Å². The van der Waals surface area contributed by atoms with Gasteiger partial charge in [-0.25, -0.2) is 9.29 Å². The summed E-state index contributed by atoms with van der Waals surface area (Å²) in [5.74, 6) is -0.949. The van der Waals surface area contributed by atoms with Crippen LogP contribution in [0.4, 0.5) is 10.1 Å². The van der Waals surface area contributed by atoms with E-state index in [2.05, 4.69) is 0 Å². The highest BCUT2D eigenvalue weighted by Crippen LogP contribution is 2.38. The number of carbonyl (C=O) groups is 3. The van der Waals surface area contributed by atoms with E-state index in [4.69, 9.17) is 21.7 Å². The lowest BCUT2D eigenvalue weighted by Crippen LogP contribution is -2.44. The summed E-state index contributed by atoms with van der Waals surface area (Å²) in [5.41, 5.74) is 0.931. The van der Waals surface area contributed by atoms with E-state index in [9.17, 15) is 18.8 Å². The predicted molar refractivity (Wildman–Crippen MR) is 122 cm³/mol. The van der Waals surface area contributed by atoms with E-state index in [-0.39, 0.29) is 16.4 Å². The summed E-state index contributed by atoms with van der Waals surface area (Å²) < 4.78 is 23.9. The third kappa shape index (κ3) is 3.87. The quantitative estimate of drug-likeness (QED) is 0.375. The number of hydrogen-bond acceptors (Lipinski definition) is 7. The van der Waals surface area contributed by atoms with Crippen molar-refractivity contribution in [3.63, 3.8) is 0 Å². The van der Waals surface area contributed by atoms with Gasteiger partial charge in [0.1, 0.15) is 16.2 Å². The first-order chi connectivity index (χ1) is 15.3. The van der Waals surface area contributed by atoms with Gasteiger partial charge in [-0.15, -0.1) is 0 Å². The molecule has 0 spiro atoms. The van der Waals surface area contributed by atoms with Crippen LogP contribution in [0.3, 0.4) is 0 Å². The van der Waals surface area contributed by atoms with Crippen LogP contribution in [-0.4, -0.2) is 47.2 Å². The first-order valence-corrected chi connectivity index (χ1v) is 10.7. The first-order valence-electron chi connectivity index (χ1n) is 9.45. The molecule has 2 aromatic rings. The molecule has 2 aromatic carbocycles. The normalized spacial score (nSPS) is 20.0. The number of amides is 3. The maximum absolute atomic E-state index is 13.2. The molecule has 10 heteroatoms. The van der Waals surface area contributed by atoms with Crippen LogP contribution in [0.5, 0.6) is 11.5 Å². The Morgan fingerprint density at radius 2 is 1.75 bits per heavy atom. The minimum Gasteiger partial charge on any atom is -0.493 e. The second-order valence-electron chi connectivity index (χ2n) is 6.93. The van der Waals surface area contributed by atoms with Crippen molar-refractivity contribution in [1.82, 2.24) is 4.90 Å². The molecule has 2 aliphatic heterocycles. The van der Waals surface area contributed by atoms with Crippen molar-refractivity contribution in [3.8, 4) is 11.5 Å². The summed E-state index contributed by atoms with van der Waals surface area (Å²) in [7, 11) is 3.04. The molecule has 32 heavy (non-hydrogen) atoms. The molecule has 2 fully saturated rings. The van der Waals surface area contributed by atoms with Crippen molar-refractivity contribution >= 4 is 57.8 Å². The molecular weight excluding hydrogens is 455 g/mol. The fourth-order valence-corrected chi connectivity index (χ4v) is 4.88. The minimum atomic E-state index is -1.05. The second-order valence-corrected chi connectivity index (χ2v) is 8.61. The molecule has 7 nitrogen and oxygen atoms in total. The number of nitrogens with zero attached hydrogens (tertiary/aromatic N) is 2. The van der Waals surface area contributed by atoms with Gasteiger partial charge in [0.05, 0.1) is 31.2 Å². The van der Waals surface area contributed by atoms with Gasteiger partial charge in [0, 0.05) is 0 Å². The number of rotatable bonds is 5. The average molecular weight is 473 g/mol. The topological polar surface area (TPSA) is 76.2 Å². The average Bonchev–Trinajstić information content (AvgIpc) is 3.22. The third-order valence-corrected chi connectivity index (χ3v) is 6.38. The summed E-state index contributed by atoms with van der Waals surface area (Å²) in [6, 6.07) is 9.15. The van der Waals surface area contributed by atoms with Crippen molar-refractivity contribution < 1.29 is 28.2 Å². The Bertz CT molecular complexity index is 1170. The van der Waals surface area contributed by atoms with E-state index in [1.165, 1.54) is 31.3 Å². The zero-order chi connectivity index (χ0) is 23.0. The number of methoxy groups -OCH3 is 2. The molecule has 0 saturated carbocycles. The first kappa shape index (κ1) is 22.0. The highest BCUT2D eigenvalue weighted by Gasteiger charge is 2.48. The van der Waals surface area contributed by atoms with Crippen LogP contribution in [0.15, 0.2) is 47.4 Å². The van der Waals surface area contributed by atoms with E-state index in [1.807, 2.05) is 0 Å². The van der Waals surface area contributed by atoms with E-state index < -0.39 is 29.6 Å². The van der Waals surface area contributed by atoms with E-state index in [0.29, 0.717) is 22.0 Å². The third-order valence-electron chi connectivity index (χ3n) is 5.05. The molecule has 2 heterocycles. The maximum atomic E-state index is 13.2. The summed E-state index contributed by atoms with van der Waals surface area (Å²) >= 11 is 6.40. The van der Waals surface area contributed by atoms with Crippen LogP contribution in [0.2, 0.25) is 0 Å². The molecule has 0 aromatic heterocycles. The zero-order valence-corrected chi connectivity index (χ0v) is 18.7. The van der Waals surface area contributed by atoms with Crippen molar-refractivity contribution in [2.24, 2.45) is 0 Å². The van der Waals surface area contributed by atoms with E-state index >= 15 is 0 Å². The van der Waals surface area contributed by atoms with E-state index in [0.717, 1.165) is 28.8 Å². The molecule has 164 valence electrons. The monoisotopic (exact) mass is 472 g/mol. The van der Waals surface area contributed by atoms with Gasteiger partial charge in [0.15, 0.2) is 11.5 Å². The van der Waals surface area contributed by atoms with Crippen molar-refractivity contribution in [2.75, 3.05) is 19.1 Å². The number of carbonyl (C=O) groups excluding carboxylic acids is 3. The number of ether oxygens (including phenoxy) is 2. The lowest BCUT2D eigenvalue weighted by molar-refractivity contribution is -0.129. The summed E-state index contributed by atoms with van der Waals surface area (Å²) in [6.45, 7) is 0. The largest absolute Gasteiger partial charge is 0.493 e. The SMILES string of the molecule is COc1ccc(/C=C2\SC(=S)N(C3CC(=O)N(c4ccc(F)cc4)C3=O)C2=O)cc1OC. The van der Waals surface area contributed by atoms with Crippen molar-refractivity contribution in [1.29, 1.82) is 0 Å². The molecule has 1 atom stereocenters. The van der Waals surface area contributed by atoms with Gasteiger partial charge in [0.25, 0.3) is 11.8 Å². The number of halogens is 1. The highest BCUT2D eigenvalue weighted by molar-refractivity contribution is 8.26. The number of hydrogen-bond donors (Lipinski definition) is 0. The summed E-state index contributed by atoms with van der Waals surface area (Å²) in [4.78, 5) is 41.1. The number of imide groups is 1. The molecule has 3 amide bonds. The maximum Gasteiger partial charge on any atom is 0.266 e. The van der Waals surface area contributed by atoms with Gasteiger partial charge < -0.3 is 9.47 Å². The summed E-state index contributed by atoms with van der Waals surface area (Å²) in [6.07, 6.45) is 1.44. The Morgan fingerprint density at radius 3 is 2.41 bits per heavy atom. The lowest BCUT2D eigenvalue weighted by Gasteiger charge is -2.21. The highest BCUT2D eigenvalue weighted by atomic mass is 32.2. The standard InChI is InChI=1S/C22H17FN2O5S2/c1-29-16-8-3-12(9-17(16)30-2)10-18-21(28)25(22(31)32-18)15-11-19(26)24(20(15)27)14-6-4-13(23)5-7-14/h3-10,15H,11H2,1-2H3/b18-10-. The Labute approximate surface area is 192 Å². The van der Waals surface area contributed by atoms with Gasteiger partial charge in [-0.05, 0) is 48.0 Å². The molecule has 1 unspecified atom stereocenters. The van der Waals surface area contributed by atoms with Crippen LogP contribution in [0, 0.1) is 5.82 Å². The number of anilines is 1. The molecule has 0 N–H and O–H groups in total. The second kappa shape index (κ2) is 8.71. The molecule has 0 radical (unpaired) electrons. The molecule has 2 saturated heterocycles. The fraction of sp³-hybridized carbons (Fsp3) is 0.182. The minimum absolute atomic E-state index is 0.189. The Morgan fingerprint density at radius 1 is 1.06 bits per heavy atom. The van der Waals surface area contributed by atoms with Gasteiger partial charge in [-0.2, -0.15) is 0 Å². The van der Waals surface area contributed by atoms with Gasteiger partial charge in [-0.1, -0.05) is 30.0 Å². The number of benzene rings is 2. The predicted octanol–water partition coefficient (Wildman–Crippen LogP) is 3.38. The van der Waals surface area contributed by atoms with Crippen LogP contribution < -0.4 is 14.4 Å². The van der Waals surface area contributed by atoms with Crippen LogP contribution in [0.25, 0.3) is 6.08 Å². The van der Waals surface area contributed by atoms with Crippen molar-refractivity contribution in [2.45, 2.75) is 12.5 Å². The zero-order valence-electron chi connectivity index (χ0n) is 17.0. The van der Waals surface area contributed by atoms with Crippen LogP contribution in [0.1, 0.15) is 12.0 Å². The van der Waals surface area contributed by atoms with Gasteiger partial charge in [-0.3, -0.25) is 19.3 Å². The molecule has 0 aliphatic carbocycles. The van der Waals surface area contributed by atoms with Crippen LogP contribution in [-0.2, 0) is 14.4 Å². The Hall–Kier alpha value is -3.24. The Kier molecular flexibility index (Phi) is 5.98. The lowest BCUT2D eigenvalue weighted by atomic mass is 10.1. The van der Waals surface area contributed by atoms with Gasteiger partial charge >= 0.3 is 0 Å². The Balaban J connectivity index is 1.59. The van der Waals surface area contributed by atoms with E-state index in [1.54, 1.807) is 24.3 Å². The van der Waals surface area contributed by atoms with Gasteiger partial charge in [0.2, 0.25) is 5.91 Å². The van der Waals surface area contributed by atoms with Crippen molar-refractivity contribution in [3.05, 3.63) is 58.8 Å².